The number of imide groups is 1. The van der Waals surface area contributed by atoms with E-state index in [2.05, 4.69) is 27.7 Å². The zero-order chi connectivity index (χ0) is 25.1. The fourth-order valence-electron chi connectivity index (χ4n) is 4.87. The number of ether oxygens (including phenoxy) is 1. The molecule has 184 valence electrons. The van der Waals surface area contributed by atoms with Crippen LogP contribution in [0.5, 0.6) is 0 Å². The predicted octanol–water partition coefficient (Wildman–Crippen LogP) is 4.83. The molecule has 6 nitrogen and oxygen atoms in total. The average molecular weight is 486 g/mol. The number of nitrogens with one attached hydrogen (secondary N) is 2. The molecule has 0 aliphatic carbocycles. The lowest BCUT2D eigenvalue weighted by atomic mass is 9.91. The van der Waals surface area contributed by atoms with E-state index in [9.17, 15) is 14.0 Å². The van der Waals surface area contributed by atoms with Gasteiger partial charge in [0.2, 0.25) is 0 Å². The van der Waals surface area contributed by atoms with Crippen molar-refractivity contribution in [2.75, 3.05) is 25.6 Å². The summed E-state index contributed by atoms with van der Waals surface area (Å²) in [7, 11) is 1.75. The topological polar surface area (TPSA) is 70.7 Å². The van der Waals surface area contributed by atoms with Crippen molar-refractivity contribution >= 4 is 23.1 Å². The second-order valence-corrected chi connectivity index (χ2v) is 9.17. The summed E-state index contributed by atoms with van der Waals surface area (Å²) in [6.45, 7) is 2.70. The molecule has 3 aromatic carbocycles. The number of hydrogen-bond donors (Lipinski definition) is 2. The first-order valence-corrected chi connectivity index (χ1v) is 12.1. The summed E-state index contributed by atoms with van der Waals surface area (Å²) >= 11 is 0. The summed E-state index contributed by atoms with van der Waals surface area (Å²) in [4.78, 5) is 27.6. The van der Waals surface area contributed by atoms with Gasteiger partial charge in [-0.2, -0.15) is 0 Å². The maximum atomic E-state index is 13.4. The Morgan fingerprint density at radius 3 is 2.50 bits per heavy atom. The molecule has 0 spiro atoms. The molecular formula is C29H28FN3O3. The second-order valence-electron chi connectivity index (χ2n) is 9.17. The van der Waals surface area contributed by atoms with Gasteiger partial charge in [-0.1, -0.05) is 30.3 Å². The lowest BCUT2D eigenvalue weighted by molar-refractivity contribution is -0.114. The summed E-state index contributed by atoms with van der Waals surface area (Å²) < 4.78 is 18.7. The number of hydrogen-bond acceptors (Lipinski definition) is 5. The van der Waals surface area contributed by atoms with Gasteiger partial charge in [-0.15, -0.1) is 0 Å². The van der Waals surface area contributed by atoms with Crippen LogP contribution in [0.4, 0.5) is 10.1 Å². The molecule has 2 heterocycles. The van der Waals surface area contributed by atoms with Crippen LogP contribution in [0.15, 0.2) is 72.9 Å². The Morgan fingerprint density at radius 2 is 1.75 bits per heavy atom. The van der Waals surface area contributed by atoms with E-state index in [0.29, 0.717) is 22.7 Å². The van der Waals surface area contributed by atoms with Crippen molar-refractivity contribution in [1.29, 1.82) is 0 Å². The number of fused-ring (bicyclic) bond motifs is 1. The summed E-state index contributed by atoms with van der Waals surface area (Å²) in [5.41, 5.74) is 4.95. The van der Waals surface area contributed by atoms with Gasteiger partial charge in [-0.25, -0.2) is 4.39 Å². The first-order valence-electron chi connectivity index (χ1n) is 12.1. The van der Waals surface area contributed by atoms with Crippen LogP contribution < -0.4 is 10.6 Å². The smallest absolute Gasteiger partial charge is 0.260 e. The van der Waals surface area contributed by atoms with Crippen molar-refractivity contribution in [1.82, 2.24) is 10.2 Å². The van der Waals surface area contributed by atoms with E-state index in [4.69, 9.17) is 4.74 Å². The molecule has 2 amide bonds. The number of nitrogens with zero attached hydrogens (tertiary/aromatic N) is 1. The van der Waals surface area contributed by atoms with Gasteiger partial charge in [0.05, 0.1) is 12.2 Å². The number of benzene rings is 3. The number of halogens is 1. The van der Waals surface area contributed by atoms with E-state index in [-0.39, 0.29) is 5.82 Å². The standard InChI is InChI=1S/C29H28FN3O3/c1-36-18-24-3-2-14-33(24)17-19-4-11-23(12-5-19)31-16-27-26-15-21(20-6-9-22(30)10-7-20)8-13-25(26)28(34)32-29(27)35/h4-13,15-16,24,31H,2-3,14,17-18H2,1H3,(H,32,34,35)/b27-16-/t24-/m0/s1. The van der Waals surface area contributed by atoms with Crippen molar-refractivity contribution in [3.05, 3.63) is 95.4 Å². The highest BCUT2D eigenvalue weighted by Crippen LogP contribution is 2.30. The van der Waals surface area contributed by atoms with Gasteiger partial charge in [0.25, 0.3) is 11.8 Å². The van der Waals surface area contributed by atoms with Crippen LogP contribution in [0.25, 0.3) is 16.7 Å². The summed E-state index contributed by atoms with van der Waals surface area (Å²) in [5, 5.41) is 5.60. The van der Waals surface area contributed by atoms with Crippen LogP contribution in [0, 0.1) is 5.82 Å². The summed E-state index contributed by atoms with van der Waals surface area (Å²) in [5.74, 6) is -1.22. The zero-order valence-corrected chi connectivity index (χ0v) is 20.1. The highest BCUT2D eigenvalue weighted by Gasteiger charge is 2.28. The molecule has 7 heteroatoms. The maximum Gasteiger partial charge on any atom is 0.260 e. The van der Waals surface area contributed by atoms with Gasteiger partial charge < -0.3 is 10.1 Å². The third-order valence-corrected chi connectivity index (χ3v) is 6.78. The lowest BCUT2D eigenvalue weighted by Crippen LogP contribution is -2.36. The molecule has 2 N–H and O–H groups in total. The molecule has 2 aliphatic heterocycles. The number of rotatable bonds is 7. The molecule has 0 aromatic heterocycles. The van der Waals surface area contributed by atoms with E-state index in [1.54, 1.807) is 43.6 Å². The van der Waals surface area contributed by atoms with E-state index in [0.717, 1.165) is 42.9 Å². The number of anilines is 1. The quantitative estimate of drug-likeness (QED) is 0.371. The van der Waals surface area contributed by atoms with Gasteiger partial charge in [0.1, 0.15) is 5.82 Å². The third-order valence-electron chi connectivity index (χ3n) is 6.78. The monoisotopic (exact) mass is 485 g/mol. The highest BCUT2D eigenvalue weighted by atomic mass is 19.1. The van der Waals surface area contributed by atoms with Gasteiger partial charge in [-0.3, -0.25) is 19.8 Å². The molecule has 1 fully saturated rings. The number of carbonyl (C=O) groups is 2. The van der Waals surface area contributed by atoms with E-state index >= 15 is 0 Å². The highest BCUT2D eigenvalue weighted by molar-refractivity contribution is 6.31. The number of likely N-dealkylation sites (tertiary alicyclic amines) is 1. The van der Waals surface area contributed by atoms with Gasteiger partial charge in [0, 0.05) is 42.7 Å². The van der Waals surface area contributed by atoms with Crippen molar-refractivity contribution in [3.63, 3.8) is 0 Å². The zero-order valence-electron chi connectivity index (χ0n) is 20.1. The minimum Gasteiger partial charge on any atom is -0.383 e. The van der Waals surface area contributed by atoms with Gasteiger partial charge in [0.15, 0.2) is 0 Å². The Balaban J connectivity index is 1.35. The molecule has 5 rings (SSSR count). The van der Waals surface area contributed by atoms with E-state index in [1.165, 1.54) is 24.1 Å². The summed E-state index contributed by atoms with van der Waals surface area (Å²) in [6.07, 6.45) is 3.98. The number of carbonyl (C=O) groups excluding carboxylic acids is 2. The Bertz CT molecular complexity index is 1300. The van der Waals surface area contributed by atoms with Gasteiger partial charge in [-0.05, 0) is 72.5 Å². The SMILES string of the molecule is COC[C@@H]1CCCN1Cc1ccc(N/C=C2\C(=O)NC(=O)c3ccc(-c4ccc(F)cc4)cc32)cc1. The molecule has 0 bridgehead atoms. The molecule has 3 aromatic rings. The molecule has 0 saturated carbocycles. The first-order chi connectivity index (χ1) is 17.5. The Morgan fingerprint density at radius 1 is 1.00 bits per heavy atom. The van der Waals surface area contributed by atoms with Gasteiger partial charge >= 0.3 is 0 Å². The van der Waals surface area contributed by atoms with E-state index in [1.807, 2.05) is 12.1 Å². The molecule has 1 saturated heterocycles. The number of amides is 2. The third kappa shape index (κ3) is 5.08. The van der Waals surface area contributed by atoms with Crippen LogP contribution >= 0.6 is 0 Å². The van der Waals surface area contributed by atoms with Crippen LogP contribution in [0.1, 0.15) is 34.3 Å². The Hall–Kier alpha value is -3.81. The predicted molar refractivity (Wildman–Crippen MR) is 138 cm³/mol. The van der Waals surface area contributed by atoms with Crippen LogP contribution in [0.3, 0.4) is 0 Å². The molecule has 0 unspecified atom stereocenters. The van der Waals surface area contributed by atoms with Crippen LogP contribution in [0.2, 0.25) is 0 Å². The van der Waals surface area contributed by atoms with Crippen LogP contribution in [-0.2, 0) is 16.1 Å². The fourth-order valence-corrected chi connectivity index (χ4v) is 4.87. The molecule has 36 heavy (non-hydrogen) atoms. The molecule has 1 atom stereocenters. The number of methoxy groups -OCH3 is 1. The minimum atomic E-state index is -0.467. The van der Waals surface area contributed by atoms with E-state index < -0.39 is 11.8 Å². The normalized spacial score (nSPS) is 18.8. The minimum absolute atomic E-state index is 0.322. The van der Waals surface area contributed by atoms with Crippen molar-refractivity contribution in [2.45, 2.75) is 25.4 Å². The molecule has 0 radical (unpaired) electrons. The average Bonchev–Trinajstić information content (AvgIpc) is 3.31. The Kier molecular flexibility index (Phi) is 6.93. The lowest BCUT2D eigenvalue weighted by Gasteiger charge is -2.23. The maximum absolute atomic E-state index is 13.4. The first kappa shape index (κ1) is 23.9. The van der Waals surface area contributed by atoms with Crippen molar-refractivity contribution in [3.8, 4) is 11.1 Å². The largest absolute Gasteiger partial charge is 0.383 e. The van der Waals surface area contributed by atoms with Crippen LogP contribution in [-0.4, -0.2) is 43.0 Å². The van der Waals surface area contributed by atoms with Crippen molar-refractivity contribution < 1.29 is 18.7 Å². The second kappa shape index (κ2) is 10.4. The summed E-state index contributed by atoms with van der Waals surface area (Å²) in [6, 6.07) is 20.0. The fraction of sp³-hybridized carbons (Fsp3) is 0.241. The molecule has 2 aliphatic rings. The Labute approximate surface area is 209 Å². The van der Waals surface area contributed by atoms with Crippen molar-refractivity contribution in [2.24, 2.45) is 0 Å². The molecular weight excluding hydrogens is 457 g/mol.